The molecule has 0 aliphatic rings. The molecule has 0 saturated heterocycles. The molecule has 0 unspecified atom stereocenters. The summed E-state index contributed by atoms with van der Waals surface area (Å²) < 4.78 is 4.63. The van der Waals surface area contributed by atoms with Crippen molar-refractivity contribution in [3.63, 3.8) is 0 Å². The summed E-state index contributed by atoms with van der Waals surface area (Å²) in [4.78, 5) is 4.52. The van der Waals surface area contributed by atoms with Crippen LogP contribution in [-0.4, -0.2) is 24.3 Å². The largest absolute Gasteiger partial charge is 0.382 e. The van der Waals surface area contributed by atoms with Crippen molar-refractivity contribution in [2.45, 2.75) is 45.8 Å². The number of aromatic nitrogens is 2. The van der Waals surface area contributed by atoms with E-state index in [0.29, 0.717) is 0 Å². The van der Waals surface area contributed by atoms with Gasteiger partial charge in [0.05, 0.1) is 6.33 Å². The van der Waals surface area contributed by atoms with Crippen molar-refractivity contribution in [3.8, 4) is 0 Å². The van der Waals surface area contributed by atoms with E-state index in [9.17, 15) is 0 Å². The summed E-state index contributed by atoms with van der Waals surface area (Å²) in [5.41, 5.74) is 0. The third-order valence-corrected chi connectivity index (χ3v) is 9.47. The fourth-order valence-electron chi connectivity index (χ4n) is 2.60. The number of imidazole rings is 1. The lowest BCUT2D eigenvalue weighted by atomic mass is 10.6. The first-order valence-corrected chi connectivity index (χ1v) is 8.96. The smallest absolute Gasteiger partial charge is 0.157 e. The lowest BCUT2D eigenvalue weighted by Gasteiger charge is -2.40. The topological polar surface area (TPSA) is 21.1 Å². The van der Waals surface area contributed by atoms with Gasteiger partial charge in [-0.1, -0.05) is 20.8 Å². The maximum absolute atomic E-state index is 4.52. The van der Waals surface area contributed by atoms with E-state index in [1.54, 1.807) is 0 Å². The molecule has 92 valence electrons. The number of nitrogens with zero attached hydrogens (tertiary/aromatic N) is 3. The summed E-state index contributed by atoms with van der Waals surface area (Å²) >= 11 is 0. The zero-order valence-corrected chi connectivity index (χ0v) is 12.3. The van der Waals surface area contributed by atoms with Crippen molar-refractivity contribution in [3.05, 3.63) is 12.5 Å². The van der Waals surface area contributed by atoms with Gasteiger partial charge in [0.25, 0.3) is 0 Å². The first-order valence-electron chi connectivity index (χ1n) is 6.39. The van der Waals surface area contributed by atoms with E-state index in [-0.39, 0.29) is 0 Å². The molecule has 0 aliphatic carbocycles. The number of rotatable bonds is 6. The maximum Gasteiger partial charge on any atom is 0.157 e. The van der Waals surface area contributed by atoms with Crippen molar-refractivity contribution in [2.75, 3.05) is 11.1 Å². The van der Waals surface area contributed by atoms with Gasteiger partial charge in [-0.3, -0.25) is 0 Å². The van der Waals surface area contributed by atoms with Gasteiger partial charge in [0.2, 0.25) is 0 Å². The Balaban J connectivity index is 3.04. The second-order valence-electron chi connectivity index (χ2n) is 4.43. The predicted octanol–water partition coefficient (Wildman–Crippen LogP) is 3.25. The minimum atomic E-state index is -1.32. The van der Waals surface area contributed by atoms with Gasteiger partial charge in [0.1, 0.15) is 5.82 Å². The van der Waals surface area contributed by atoms with Crippen LogP contribution in [0.15, 0.2) is 12.5 Å². The standard InChI is InChI=1S/C12H25N3Si/c1-6-15(12-10-14(5)11-13-12)16(7-2,8-3)9-4/h10-11H,6-9H2,1-5H3. The summed E-state index contributed by atoms with van der Waals surface area (Å²) in [6, 6.07) is 3.93. The van der Waals surface area contributed by atoms with Gasteiger partial charge in [-0.05, 0) is 25.1 Å². The summed E-state index contributed by atoms with van der Waals surface area (Å²) in [6.07, 6.45) is 4.05. The molecule has 0 atom stereocenters. The molecule has 0 fully saturated rings. The van der Waals surface area contributed by atoms with Gasteiger partial charge in [-0.25, -0.2) is 4.98 Å². The van der Waals surface area contributed by atoms with Crippen LogP contribution in [0.5, 0.6) is 0 Å². The minimum Gasteiger partial charge on any atom is -0.382 e. The molecule has 0 aliphatic heterocycles. The molecule has 0 N–H and O–H groups in total. The molecule has 3 nitrogen and oxygen atoms in total. The predicted molar refractivity (Wildman–Crippen MR) is 73.4 cm³/mol. The van der Waals surface area contributed by atoms with Gasteiger partial charge in [0.15, 0.2) is 8.24 Å². The molecule has 0 bridgehead atoms. The van der Waals surface area contributed by atoms with Crippen LogP contribution in [0.4, 0.5) is 5.82 Å². The Labute approximate surface area is 101 Å². The number of anilines is 1. The van der Waals surface area contributed by atoms with Gasteiger partial charge in [-0.2, -0.15) is 0 Å². The molecule has 0 amide bonds. The van der Waals surface area contributed by atoms with E-state index >= 15 is 0 Å². The molecule has 4 heteroatoms. The third kappa shape index (κ3) is 2.31. The van der Waals surface area contributed by atoms with E-state index < -0.39 is 8.24 Å². The Morgan fingerprint density at radius 3 is 2.06 bits per heavy atom. The Kier molecular flexibility index (Phi) is 4.59. The summed E-state index contributed by atoms with van der Waals surface area (Å²) in [5, 5.41) is 0. The molecular weight excluding hydrogens is 214 g/mol. The molecule has 1 aromatic heterocycles. The van der Waals surface area contributed by atoms with Crippen molar-refractivity contribution in [2.24, 2.45) is 7.05 Å². The Hall–Kier alpha value is -0.773. The minimum absolute atomic E-state index is 1.08. The normalized spacial score (nSPS) is 11.8. The Bertz CT molecular complexity index is 310. The van der Waals surface area contributed by atoms with Crippen LogP contribution in [0, 0.1) is 0 Å². The van der Waals surface area contributed by atoms with Crippen molar-refractivity contribution < 1.29 is 0 Å². The highest BCUT2D eigenvalue weighted by atomic mass is 28.3. The van der Waals surface area contributed by atoms with E-state index in [1.165, 1.54) is 24.0 Å². The quantitative estimate of drug-likeness (QED) is 0.711. The zero-order chi connectivity index (χ0) is 12.2. The van der Waals surface area contributed by atoms with Gasteiger partial charge in [-0.15, -0.1) is 0 Å². The first-order chi connectivity index (χ1) is 7.63. The highest BCUT2D eigenvalue weighted by Crippen LogP contribution is 2.28. The second kappa shape index (κ2) is 5.52. The highest BCUT2D eigenvalue weighted by Gasteiger charge is 2.34. The van der Waals surface area contributed by atoms with Gasteiger partial charge < -0.3 is 9.13 Å². The van der Waals surface area contributed by atoms with Crippen LogP contribution < -0.4 is 4.57 Å². The van der Waals surface area contributed by atoms with Gasteiger partial charge >= 0.3 is 0 Å². The molecule has 1 aromatic rings. The molecule has 1 heterocycles. The number of hydrogen-bond donors (Lipinski definition) is 0. The summed E-state index contributed by atoms with van der Waals surface area (Å²) in [7, 11) is 0.722. The molecule has 0 aromatic carbocycles. The molecule has 1 rings (SSSR count). The van der Waals surface area contributed by atoms with Crippen molar-refractivity contribution >= 4 is 14.1 Å². The molecule has 16 heavy (non-hydrogen) atoms. The SMILES string of the molecule is CCN(c1cn(C)cn1)[Si](CC)(CC)CC. The highest BCUT2D eigenvalue weighted by molar-refractivity contribution is 6.83. The third-order valence-electron chi connectivity index (χ3n) is 3.83. The van der Waals surface area contributed by atoms with E-state index in [0.717, 1.165) is 6.54 Å². The monoisotopic (exact) mass is 239 g/mol. The van der Waals surface area contributed by atoms with E-state index in [2.05, 4.69) is 43.4 Å². The van der Waals surface area contributed by atoms with Crippen molar-refractivity contribution in [1.29, 1.82) is 0 Å². The first kappa shape index (κ1) is 13.3. The van der Waals surface area contributed by atoms with Crippen LogP contribution in [0.25, 0.3) is 0 Å². The average Bonchev–Trinajstić information content (AvgIpc) is 2.72. The maximum atomic E-state index is 4.52. The molecular formula is C12H25N3Si. The lowest BCUT2D eigenvalue weighted by Crippen LogP contribution is -2.52. The number of aryl methyl sites for hydroxylation is 1. The fraction of sp³-hybridized carbons (Fsp3) is 0.750. The second-order valence-corrected chi connectivity index (χ2v) is 9.54. The van der Waals surface area contributed by atoms with Gasteiger partial charge in [0, 0.05) is 19.8 Å². The molecule has 0 radical (unpaired) electrons. The summed E-state index contributed by atoms with van der Waals surface area (Å²) in [6.45, 7) is 10.3. The van der Waals surface area contributed by atoms with Crippen LogP contribution in [0.1, 0.15) is 27.7 Å². The number of hydrogen-bond acceptors (Lipinski definition) is 2. The van der Waals surface area contributed by atoms with Crippen LogP contribution >= 0.6 is 0 Å². The van der Waals surface area contributed by atoms with Crippen LogP contribution in [0.2, 0.25) is 18.1 Å². The van der Waals surface area contributed by atoms with Crippen molar-refractivity contribution in [1.82, 2.24) is 9.55 Å². The lowest BCUT2D eigenvalue weighted by molar-refractivity contribution is 0.912. The summed E-state index contributed by atoms with van der Waals surface area (Å²) in [5.74, 6) is 1.17. The fourth-order valence-corrected chi connectivity index (χ4v) is 6.52. The van der Waals surface area contributed by atoms with E-state index in [1.807, 2.05) is 17.9 Å². The molecule has 0 spiro atoms. The van der Waals surface area contributed by atoms with E-state index in [4.69, 9.17) is 0 Å². The molecule has 0 saturated carbocycles. The average molecular weight is 239 g/mol. The Morgan fingerprint density at radius 2 is 1.75 bits per heavy atom. The van der Waals surface area contributed by atoms with Crippen LogP contribution in [0.3, 0.4) is 0 Å². The Morgan fingerprint density at radius 1 is 1.19 bits per heavy atom. The zero-order valence-electron chi connectivity index (χ0n) is 11.3. The van der Waals surface area contributed by atoms with Crippen LogP contribution in [-0.2, 0) is 7.05 Å².